The third-order valence-electron chi connectivity index (χ3n) is 2.45. The highest BCUT2D eigenvalue weighted by atomic mass is 32.2. The second-order valence-electron chi connectivity index (χ2n) is 3.77. The first-order valence-electron chi connectivity index (χ1n) is 5.32. The number of thioether (sulfide) groups is 1. The molecule has 0 spiro atoms. The van der Waals surface area contributed by atoms with E-state index < -0.39 is 4.92 Å². The van der Waals surface area contributed by atoms with E-state index in [0.717, 1.165) is 10.7 Å². The minimum atomic E-state index is -0.477. The first-order chi connectivity index (χ1) is 9.11. The van der Waals surface area contributed by atoms with Crippen LogP contribution in [0.2, 0.25) is 0 Å². The molecule has 1 aromatic carbocycles. The molecule has 1 aromatic heterocycles. The summed E-state index contributed by atoms with van der Waals surface area (Å²) in [5.41, 5.74) is 3.49. The van der Waals surface area contributed by atoms with Crippen LogP contribution in [0, 0.1) is 10.1 Å². The highest BCUT2D eigenvalue weighted by Crippen LogP contribution is 2.27. The van der Waals surface area contributed by atoms with Crippen molar-refractivity contribution in [2.75, 3.05) is 5.43 Å². The van der Waals surface area contributed by atoms with E-state index in [-0.39, 0.29) is 5.69 Å². The number of nitrogens with one attached hydrogen (secondary N) is 1. The van der Waals surface area contributed by atoms with Crippen LogP contribution in [0.15, 0.2) is 29.7 Å². The smallest absolute Gasteiger partial charge is 0.293 e. The van der Waals surface area contributed by atoms with E-state index in [2.05, 4.69) is 15.6 Å². The number of nitro groups is 1. The summed E-state index contributed by atoms with van der Waals surface area (Å²) in [6, 6.07) is 4.78. The highest BCUT2D eigenvalue weighted by molar-refractivity contribution is 7.98. The Morgan fingerprint density at radius 1 is 1.58 bits per heavy atom. The normalized spacial score (nSPS) is 10.4. The Labute approximate surface area is 113 Å². The summed E-state index contributed by atoms with van der Waals surface area (Å²) in [5, 5.41) is 19.3. The number of nitrogens with zero attached hydrogens (tertiary/aromatic N) is 4. The largest absolute Gasteiger partial charge is 0.318 e. The van der Waals surface area contributed by atoms with Gasteiger partial charge in [0.25, 0.3) is 5.69 Å². The Balaban J connectivity index is 2.13. The van der Waals surface area contributed by atoms with Crippen molar-refractivity contribution in [3.05, 3.63) is 40.2 Å². The number of anilines is 1. The summed E-state index contributed by atoms with van der Waals surface area (Å²) in [7, 11) is 1.85. The number of nitrogen functional groups attached to an aromatic ring is 1. The standard InChI is InChI=1S/C10H12N6O2S/c1-15-6-12-14-10(15)19-5-7-2-3-9(16(17)18)8(4-7)13-11/h2-4,6,13H,5,11H2,1H3. The quantitative estimate of drug-likeness (QED) is 0.367. The predicted molar refractivity (Wildman–Crippen MR) is 71.5 cm³/mol. The zero-order chi connectivity index (χ0) is 13.8. The zero-order valence-electron chi connectivity index (χ0n) is 10.1. The van der Waals surface area contributed by atoms with E-state index in [0.29, 0.717) is 11.4 Å². The number of benzene rings is 1. The summed E-state index contributed by atoms with van der Waals surface area (Å²) in [4.78, 5) is 10.3. The summed E-state index contributed by atoms with van der Waals surface area (Å²) in [5.74, 6) is 5.91. The fourth-order valence-corrected chi connectivity index (χ4v) is 2.33. The number of hydrogen-bond donors (Lipinski definition) is 2. The van der Waals surface area contributed by atoms with Crippen LogP contribution in [0.3, 0.4) is 0 Å². The van der Waals surface area contributed by atoms with Crippen LogP contribution >= 0.6 is 11.8 Å². The van der Waals surface area contributed by atoms with Gasteiger partial charge in [-0.15, -0.1) is 10.2 Å². The lowest BCUT2D eigenvalue weighted by Gasteiger charge is -2.05. The van der Waals surface area contributed by atoms with Gasteiger partial charge in [-0.3, -0.25) is 16.0 Å². The van der Waals surface area contributed by atoms with Crippen molar-refractivity contribution in [2.24, 2.45) is 12.9 Å². The van der Waals surface area contributed by atoms with E-state index in [1.807, 2.05) is 7.05 Å². The van der Waals surface area contributed by atoms with Gasteiger partial charge >= 0.3 is 0 Å². The minimum absolute atomic E-state index is 0.0464. The second kappa shape index (κ2) is 5.67. The molecule has 0 unspecified atom stereocenters. The lowest BCUT2D eigenvalue weighted by atomic mass is 10.2. The van der Waals surface area contributed by atoms with Crippen LogP contribution in [0.5, 0.6) is 0 Å². The third kappa shape index (κ3) is 3.01. The summed E-state index contributed by atoms with van der Waals surface area (Å²) >= 11 is 1.49. The van der Waals surface area contributed by atoms with Gasteiger partial charge in [0.05, 0.1) is 4.92 Å². The summed E-state index contributed by atoms with van der Waals surface area (Å²) < 4.78 is 1.80. The molecule has 3 N–H and O–H groups in total. The number of aryl methyl sites for hydroxylation is 1. The van der Waals surface area contributed by atoms with Crippen molar-refractivity contribution in [2.45, 2.75) is 10.9 Å². The van der Waals surface area contributed by atoms with Crippen molar-refractivity contribution in [3.8, 4) is 0 Å². The molecule has 0 amide bonds. The SMILES string of the molecule is Cn1cnnc1SCc1ccc([N+](=O)[O-])c(NN)c1. The number of nitrogens with two attached hydrogens (primary N) is 1. The summed E-state index contributed by atoms with van der Waals surface area (Å²) in [6.45, 7) is 0. The molecule has 19 heavy (non-hydrogen) atoms. The molecule has 1 heterocycles. The van der Waals surface area contributed by atoms with Crippen LogP contribution in [0.4, 0.5) is 11.4 Å². The van der Waals surface area contributed by atoms with Crippen LogP contribution in [0.25, 0.3) is 0 Å². The lowest BCUT2D eigenvalue weighted by molar-refractivity contribution is -0.384. The fraction of sp³-hybridized carbons (Fsp3) is 0.200. The monoisotopic (exact) mass is 280 g/mol. The van der Waals surface area contributed by atoms with E-state index in [1.54, 1.807) is 23.0 Å². The minimum Gasteiger partial charge on any atom is -0.318 e. The van der Waals surface area contributed by atoms with Crippen molar-refractivity contribution < 1.29 is 4.92 Å². The van der Waals surface area contributed by atoms with Crippen molar-refractivity contribution in [1.29, 1.82) is 0 Å². The van der Waals surface area contributed by atoms with Crippen LogP contribution in [0.1, 0.15) is 5.56 Å². The van der Waals surface area contributed by atoms with Gasteiger partial charge < -0.3 is 9.99 Å². The van der Waals surface area contributed by atoms with Gasteiger partial charge in [0.2, 0.25) is 0 Å². The molecule has 100 valence electrons. The van der Waals surface area contributed by atoms with Crippen molar-refractivity contribution in [1.82, 2.24) is 14.8 Å². The van der Waals surface area contributed by atoms with Gasteiger partial charge in [0.15, 0.2) is 5.16 Å². The molecule has 0 bridgehead atoms. The Morgan fingerprint density at radius 2 is 2.37 bits per heavy atom. The van der Waals surface area contributed by atoms with Gasteiger partial charge in [-0.1, -0.05) is 17.8 Å². The Hall–Kier alpha value is -2.13. The number of hydrogen-bond acceptors (Lipinski definition) is 7. The number of hydrazine groups is 1. The van der Waals surface area contributed by atoms with E-state index in [4.69, 9.17) is 5.84 Å². The maximum Gasteiger partial charge on any atom is 0.293 e. The average Bonchev–Trinajstić information content (AvgIpc) is 2.81. The average molecular weight is 280 g/mol. The highest BCUT2D eigenvalue weighted by Gasteiger charge is 2.13. The molecule has 0 atom stereocenters. The van der Waals surface area contributed by atoms with Crippen LogP contribution < -0.4 is 11.3 Å². The topological polar surface area (TPSA) is 112 Å². The first kappa shape index (κ1) is 13.3. The van der Waals surface area contributed by atoms with Crippen molar-refractivity contribution in [3.63, 3.8) is 0 Å². The van der Waals surface area contributed by atoms with Gasteiger partial charge in [-0.25, -0.2) is 0 Å². The fourth-order valence-electron chi connectivity index (χ4n) is 1.50. The molecule has 0 saturated heterocycles. The molecular weight excluding hydrogens is 268 g/mol. The predicted octanol–water partition coefficient (Wildman–Crippen LogP) is 1.30. The Morgan fingerprint density at radius 3 is 2.95 bits per heavy atom. The molecule has 0 aliphatic carbocycles. The Kier molecular flexibility index (Phi) is 3.97. The molecule has 8 nitrogen and oxygen atoms in total. The second-order valence-corrected chi connectivity index (χ2v) is 4.71. The van der Waals surface area contributed by atoms with Gasteiger partial charge in [0, 0.05) is 18.9 Å². The lowest BCUT2D eigenvalue weighted by Crippen LogP contribution is -2.09. The Bertz CT molecular complexity index is 599. The van der Waals surface area contributed by atoms with Crippen molar-refractivity contribution >= 4 is 23.1 Å². The molecule has 2 rings (SSSR count). The maximum atomic E-state index is 10.8. The molecular formula is C10H12N6O2S. The van der Waals surface area contributed by atoms with Gasteiger partial charge in [0.1, 0.15) is 12.0 Å². The molecule has 0 saturated carbocycles. The number of rotatable bonds is 5. The molecule has 0 aliphatic rings. The van der Waals surface area contributed by atoms with Crippen LogP contribution in [-0.2, 0) is 12.8 Å². The van der Waals surface area contributed by atoms with Crippen LogP contribution in [-0.4, -0.2) is 19.7 Å². The maximum absolute atomic E-state index is 10.8. The van der Waals surface area contributed by atoms with E-state index >= 15 is 0 Å². The molecule has 2 aromatic rings. The molecule has 0 radical (unpaired) electrons. The van der Waals surface area contributed by atoms with E-state index in [9.17, 15) is 10.1 Å². The first-order valence-corrected chi connectivity index (χ1v) is 6.31. The number of nitro benzene ring substituents is 1. The van der Waals surface area contributed by atoms with Gasteiger partial charge in [-0.2, -0.15) is 0 Å². The molecule has 0 aliphatic heterocycles. The van der Waals surface area contributed by atoms with Gasteiger partial charge in [-0.05, 0) is 11.6 Å². The number of aromatic nitrogens is 3. The third-order valence-corrected chi connectivity index (χ3v) is 3.56. The molecule has 9 heteroatoms. The van der Waals surface area contributed by atoms with E-state index in [1.165, 1.54) is 17.8 Å². The summed E-state index contributed by atoms with van der Waals surface area (Å²) in [6.07, 6.45) is 1.62. The molecule has 0 fully saturated rings. The zero-order valence-corrected chi connectivity index (χ0v) is 10.9.